The second-order valence-electron chi connectivity index (χ2n) is 5.23. The summed E-state index contributed by atoms with van der Waals surface area (Å²) in [6.45, 7) is 8.48. The summed E-state index contributed by atoms with van der Waals surface area (Å²) in [4.78, 5) is 2.73. The number of rotatable bonds is 4. The summed E-state index contributed by atoms with van der Waals surface area (Å²) in [6.07, 6.45) is 5.71. The molecule has 0 bridgehead atoms. The molecule has 14 heavy (non-hydrogen) atoms. The normalized spacial score (nSPS) is 28.7. The molecule has 1 saturated heterocycles. The van der Waals surface area contributed by atoms with Gasteiger partial charge in [0.1, 0.15) is 0 Å². The molecular weight excluding hydrogens is 172 g/mol. The first-order valence-electron chi connectivity index (χ1n) is 6.24. The van der Waals surface area contributed by atoms with E-state index in [-0.39, 0.29) is 0 Å². The summed E-state index contributed by atoms with van der Waals surface area (Å²) in [5.41, 5.74) is 0. The maximum atomic E-state index is 3.52. The van der Waals surface area contributed by atoms with Crippen LogP contribution in [0.15, 0.2) is 0 Å². The molecule has 1 atom stereocenters. The van der Waals surface area contributed by atoms with Gasteiger partial charge in [-0.1, -0.05) is 0 Å². The second-order valence-corrected chi connectivity index (χ2v) is 5.23. The Labute approximate surface area is 88.1 Å². The lowest BCUT2D eigenvalue weighted by molar-refractivity contribution is 0.123. The van der Waals surface area contributed by atoms with Gasteiger partial charge in [0.25, 0.3) is 0 Å². The number of nitrogens with zero attached hydrogens (tertiary/aromatic N) is 1. The van der Waals surface area contributed by atoms with E-state index in [2.05, 4.69) is 24.1 Å². The van der Waals surface area contributed by atoms with E-state index < -0.39 is 0 Å². The topological polar surface area (TPSA) is 15.3 Å². The molecule has 0 spiro atoms. The molecular formula is C12H24N2. The zero-order chi connectivity index (χ0) is 9.97. The van der Waals surface area contributed by atoms with Gasteiger partial charge in [-0.15, -0.1) is 0 Å². The van der Waals surface area contributed by atoms with Crippen molar-refractivity contribution in [3.05, 3.63) is 0 Å². The number of hydrogen-bond acceptors (Lipinski definition) is 2. The fraction of sp³-hybridized carbons (Fsp3) is 1.00. The van der Waals surface area contributed by atoms with Crippen LogP contribution in [0.2, 0.25) is 0 Å². The predicted molar refractivity (Wildman–Crippen MR) is 60.5 cm³/mol. The van der Waals surface area contributed by atoms with Gasteiger partial charge in [-0.3, -0.25) is 4.90 Å². The zero-order valence-electron chi connectivity index (χ0n) is 9.63. The van der Waals surface area contributed by atoms with E-state index in [4.69, 9.17) is 0 Å². The largest absolute Gasteiger partial charge is 0.315 e. The van der Waals surface area contributed by atoms with Gasteiger partial charge in [-0.05, 0) is 52.0 Å². The van der Waals surface area contributed by atoms with Gasteiger partial charge >= 0.3 is 0 Å². The molecule has 2 nitrogen and oxygen atoms in total. The highest BCUT2D eigenvalue weighted by Crippen LogP contribution is 2.31. The number of hydrogen-bond donors (Lipinski definition) is 1. The van der Waals surface area contributed by atoms with Crippen LogP contribution in [-0.2, 0) is 0 Å². The Hall–Kier alpha value is -0.0800. The Morgan fingerprint density at radius 2 is 2.07 bits per heavy atom. The van der Waals surface area contributed by atoms with Crippen molar-refractivity contribution in [1.29, 1.82) is 0 Å². The van der Waals surface area contributed by atoms with E-state index in [1.54, 1.807) is 0 Å². The van der Waals surface area contributed by atoms with Crippen LogP contribution < -0.4 is 5.32 Å². The minimum Gasteiger partial charge on any atom is -0.315 e. The van der Waals surface area contributed by atoms with Crippen molar-refractivity contribution in [2.75, 3.05) is 19.6 Å². The Kier molecular flexibility index (Phi) is 3.45. The quantitative estimate of drug-likeness (QED) is 0.738. The first-order valence-corrected chi connectivity index (χ1v) is 6.24. The highest BCUT2D eigenvalue weighted by Gasteiger charge is 2.29. The van der Waals surface area contributed by atoms with E-state index in [1.807, 2.05) is 0 Å². The fourth-order valence-electron chi connectivity index (χ4n) is 2.50. The van der Waals surface area contributed by atoms with Gasteiger partial charge < -0.3 is 5.32 Å². The third-order valence-corrected chi connectivity index (χ3v) is 3.57. The van der Waals surface area contributed by atoms with Crippen molar-refractivity contribution < 1.29 is 0 Å². The maximum absolute atomic E-state index is 3.52. The van der Waals surface area contributed by atoms with Crippen molar-refractivity contribution in [3.8, 4) is 0 Å². The summed E-state index contributed by atoms with van der Waals surface area (Å²) < 4.78 is 0. The molecule has 1 unspecified atom stereocenters. The number of nitrogens with one attached hydrogen (secondary N) is 1. The average molecular weight is 196 g/mol. The van der Waals surface area contributed by atoms with Crippen molar-refractivity contribution >= 4 is 0 Å². The van der Waals surface area contributed by atoms with Gasteiger partial charge in [0, 0.05) is 25.2 Å². The van der Waals surface area contributed by atoms with Crippen LogP contribution in [0.25, 0.3) is 0 Å². The predicted octanol–water partition coefficient (Wildman–Crippen LogP) is 1.86. The Morgan fingerprint density at radius 1 is 1.29 bits per heavy atom. The molecule has 2 aliphatic rings. The SMILES string of the molecule is CC(C)N(CC1CC1)C1CCCNC1. The molecule has 82 valence electrons. The molecule has 1 N–H and O–H groups in total. The van der Waals surface area contributed by atoms with Crippen LogP contribution in [0.5, 0.6) is 0 Å². The van der Waals surface area contributed by atoms with Crippen LogP contribution in [0, 0.1) is 5.92 Å². The van der Waals surface area contributed by atoms with Gasteiger partial charge in [-0.25, -0.2) is 0 Å². The molecule has 2 heteroatoms. The van der Waals surface area contributed by atoms with Crippen molar-refractivity contribution in [1.82, 2.24) is 10.2 Å². The standard InChI is InChI=1S/C12H24N2/c1-10(2)14(9-11-5-6-11)12-4-3-7-13-8-12/h10-13H,3-9H2,1-2H3. The van der Waals surface area contributed by atoms with E-state index >= 15 is 0 Å². The number of piperidine rings is 1. The third-order valence-electron chi connectivity index (χ3n) is 3.57. The molecule has 2 fully saturated rings. The Balaban J connectivity index is 1.86. The molecule has 0 aromatic carbocycles. The minimum absolute atomic E-state index is 0.723. The Morgan fingerprint density at radius 3 is 2.57 bits per heavy atom. The fourth-order valence-corrected chi connectivity index (χ4v) is 2.50. The average Bonchev–Trinajstić information content (AvgIpc) is 2.99. The summed E-state index contributed by atoms with van der Waals surface area (Å²) in [7, 11) is 0. The van der Waals surface area contributed by atoms with E-state index in [0.29, 0.717) is 0 Å². The van der Waals surface area contributed by atoms with Gasteiger partial charge in [0.2, 0.25) is 0 Å². The van der Waals surface area contributed by atoms with Crippen LogP contribution >= 0.6 is 0 Å². The Bertz CT molecular complexity index is 169. The molecule has 1 heterocycles. The highest BCUT2D eigenvalue weighted by molar-refractivity contribution is 4.85. The maximum Gasteiger partial charge on any atom is 0.0223 e. The zero-order valence-corrected chi connectivity index (χ0v) is 9.63. The van der Waals surface area contributed by atoms with Crippen LogP contribution in [0.4, 0.5) is 0 Å². The lowest BCUT2D eigenvalue weighted by Crippen LogP contribution is -2.49. The first-order chi connectivity index (χ1) is 6.77. The summed E-state index contributed by atoms with van der Waals surface area (Å²) in [6, 6.07) is 1.53. The molecule has 2 rings (SSSR count). The first kappa shape index (κ1) is 10.4. The van der Waals surface area contributed by atoms with Gasteiger partial charge in [0.05, 0.1) is 0 Å². The molecule has 0 aromatic rings. The molecule has 1 saturated carbocycles. The summed E-state index contributed by atoms with van der Waals surface area (Å²) >= 11 is 0. The van der Waals surface area contributed by atoms with Crippen LogP contribution in [0.1, 0.15) is 39.5 Å². The second kappa shape index (κ2) is 4.63. The van der Waals surface area contributed by atoms with E-state index in [1.165, 1.54) is 45.3 Å². The monoisotopic (exact) mass is 196 g/mol. The van der Waals surface area contributed by atoms with Crippen molar-refractivity contribution in [2.45, 2.75) is 51.6 Å². The molecule has 0 amide bonds. The van der Waals surface area contributed by atoms with Crippen LogP contribution in [-0.4, -0.2) is 36.6 Å². The smallest absolute Gasteiger partial charge is 0.0223 e. The summed E-state index contributed by atoms with van der Waals surface area (Å²) in [5.74, 6) is 1.03. The molecule has 1 aliphatic heterocycles. The molecule has 0 aromatic heterocycles. The van der Waals surface area contributed by atoms with Crippen LogP contribution in [0.3, 0.4) is 0 Å². The van der Waals surface area contributed by atoms with E-state index in [9.17, 15) is 0 Å². The van der Waals surface area contributed by atoms with Crippen molar-refractivity contribution in [3.63, 3.8) is 0 Å². The molecule has 1 aliphatic carbocycles. The van der Waals surface area contributed by atoms with Gasteiger partial charge in [0.15, 0.2) is 0 Å². The minimum atomic E-state index is 0.723. The van der Waals surface area contributed by atoms with E-state index in [0.717, 1.165) is 18.0 Å². The van der Waals surface area contributed by atoms with Gasteiger partial charge in [-0.2, -0.15) is 0 Å². The highest BCUT2D eigenvalue weighted by atomic mass is 15.2. The lowest BCUT2D eigenvalue weighted by Gasteiger charge is -2.37. The van der Waals surface area contributed by atoms with Crippen molar-refractivity contribution in [2.24, 2.45) is 5.92 Å². The lowest BCUT2D eigenvalue weighted by atomic mass is 10.0. The molecule has 0 radical (unpaired) electrons. The summed E-state index contributed by atoms with van der Waals surface area (Å²) in [5, 5.41) is 3.52. The third kappa shape index (κ3) is 2.71.